The maximum Gasteiger partial charge on any atom is 0.221 e. The van der Waals surface area contributed by atoms with Gasteiger partial charge < -0.3 is 0 Å². The molecule has 13 rings (SSSR count). The van der Waals surface area contributed by atoms with Gasteiger partial charge in [-0.1, -0.05) is 135 Å². The maximum atomic E-state index is 8.24. The molecule has 0 amide bonds. The van der Waals surface area contributed by atoms with Gasteiger partial charge in [0.1, 0.15) is 28.2 Å². The minimum atomic E-state index is -2.31. The van der Waals surface area contributed by atoms with Crippen molar-refractivity contribution in [3.05, 3.63) is 269 Å². The minimum absolute atomic E-state index is 0.162. The predicted molar refractivity (Wildman–Crippen MR) is 390 cm³/mol. The lowest BCUT2D eigenvalue weighted by Gasteiger charge is -2.13. The summed E-state index contributed by atoms with van der Waals surface area (Å²) >= 11 is 0. The van der Waals surface area contributed by atoms with E-state index >= 15 is 0 Å². The topological polar surface area (TPSA) is 54.2 Å². The van der Waals surface area contributed by atoms with Crippen molar-refractivity contribution in [1.29, 1.82) is 0 Å². The van der Waals surface area contributed by atoms with Gasteiger partial charge in [0.05, 0.1) is 43.8 Å². The molecule has 0 N–H and O–H groups in total. The first kappa shape index (κ1) is 59.7. The molecule has 6 aromatic carbocycles. The summed E-state index contributed by atoms with van der Waals surface area (Å²) in [6.45, 7) is 25.2. The summed E-state index contributed by atoms with van der Waals surface area (Å²) in [5, 5.41) is 9.84. The molecule has 0 fully saturated rings. The number of aryl methyl sites for hydroxylation is 9. The Bertz CT molecular complexity index is 4930. The van der Waals surface area contributed by atoms with Crippen molar-refractivity contribution in [2.45, 2.75) is 127 Å². The molecule has 7 heteroatoms. The molecular weight excluding hydrogens is 1130 g/mol. The number of aromatic nitrogens is 7. The van der Waals surface area contributed by atoms with Crippen molar-refractivity contribution < 1.29 is 25.1 Å². The van der Waals surface area contributed by atoms with Gasteiger partial charge in [-0.3, -0.25) is 15.0 Å². The van der Waals surface area contributed by atoms with Crippen LogP contribution in [0.3, 0.4) is 0 Å². The van der Waals surface area contributed by atoms with Crippen LogP contribution in [0.25, 0.3) is 99.2 Å². The fourth-order valence-electron chi connectivity index (χ4n) is 12.6. The molecule has 7 aromatic heterocycles. The summed E-state index contributed by atoms with van der Waals surface area (Å²) in [5.74, 6) is 2.04. The highest BCUT2D eigenvalue weighted by atomic mass is 14.9. The van der Waals surface area contributed by atoms with Crippen molar-refractivity contribution in [2.75, 3.05) is 0 Å². The van der Waals surface area contributed by atoms with Gasteiger partial charge >= 0.3 is 0 Å². The summed E-state index contributed by atoms with van der Waals surface area (Å²) in [7, 11) is 8.26. The fourth-order valence-corrected chi connectivity index (χ4v) is 12.6. The largest absolute Gasteiger partial charge is 0.264 e. The molecule has 470 valence electrons. The standard InChI is InChI=1S/C25H25N2.C23H28N.2C19H21N2/c1-17(2)19-9-10-23-21(14-19)11-13-27(4)25(23)24-15-20(8-7-18(24)3)22-6-5-12-26-16-22;1-7-18-12-16(4)13-22(17(18)5)23-21-9-8-19(15(2)3)14-20(21)10-11-24(23)6;1-13(2)15-5-6-18-16(11-15)8-10-21(4)19(18)17-7-9-20-12-14(17)3;1-13(2)15-5-6-17-16(11-15)8-10-21(4)19(17)18-12-20-9-7-14(18)3/h5-17H,1-4H3;8-15H,7H2,1-6H3;2*5-13H,1-4H3/q4*+1/i;4D3,7D2;;. The highest BCUT2D eigenvalue weighted by Crippen LogP contribution is 2.36. The van der Waals surface area contributed by atoms with E-state index in [-0.39, 0.29) is 5.56 Å². The van der Waals surface area contributed by atoms with Crippen LogP contribution in [0, 0.1) is 34.5 Å². The van der Waals surface area contributed by atoms with Gasteiger partial charge in [-0.15, -0.1) is 0 Å². The van der Waals surface area contributed by atoms with E-state index in [1.165, 1.54) is 124 Å². The van der Waals surface area contributed by atoms with Crippen LogP contribution in [-0.2, 0) is 34.6 Å². The van der Waals surface area contributed by atoms with Crippen molar-refractivity contribution in [2.24, 2.45) is 28.2 Å². The fraction of sp³-hybridized carbons (Fsp3) is 0.267. The minimum Gasteiger partial charge on any atom is -0.264 e. The average Bonchev–Trinajstić information content (AvgIpc) is 0.754. The zero-order chi connectivity index (χ0) is 70.7. The third-order valence-corrected chi connectivity index (χ3v) is 18.3. The zero-order valence-electron chi connectivity index (χ0n) is 62.6. The smallest absolute Gasteiger partial charge is 0.221 e. The molecule has 0 aliphatic heterocycles. The molecule has 7 heterocycles. The number of pyridine rings is 7. The number of nitrogens with zero attached hydrogens (tertiary/aromatic N) is 7. The molecule has 0 unspecified atom stereocenters. The highest BCUT2D eigenvalue weighted by Gasteiger charge is 2.23. The summed E-state index contributed by atoms with van der Waals surface area (Å²) < 4.78 is 48.8. The number of rotatable bonds is 10. The predicted octanol–water partition coefficient (Wildman–Crippen LogP) is 19.8. The quantitative estimate of drug-likeness (QED) is 0.128. The van der Waals surface area contributed by atoms with Gasteiger partial charge in [-0.25, -0.2) is 18.3 Å². The Hall–Kier alpha value is -9.59. The van der Waals surface area contributed by atoms with Gasteiger partial charge in [0.25, 0.3) is 0 Å². The van der Waals surface area contributed by atoms with Crippen LogP contribution in [0.2, 0.25) is 0 Å². The molecule has 0 saturated heterocycles. The number of hydrogen-bond donors (Lipinski definition) is 0. The average molecular weight is 1230 g/mol. The van der Waals surface area contributed by atoms with Crippen LogP contribution in [0.4, 0.5) is 0 Å². The van der Waals surface area contributed by atoms with Crippen LogP contribution >= 0.6 is 0 Å². The molecule has 93 heavy (non-hydrogen) atoms. The summed E-state index contributed by atoms with van der Waals surface area (Å²) in [6.07, 6.45) is 18.1. The Labute approximate surface area is 560 Å². The van der Waals surface area contributed by atoms with Crippen molar-refractivity contribution in [3.8, 4) is 56.2 Å². The number of benzene rings is 6. The Morgan fingerprint density at radius 3 is 1.22 bits per heavy atom. The maximum absolute atomic E-state index is 8.24. The van der Waals surface area contributed by atoms with E-state index in [9.17, 15) is 0 Å². The van der Waals surface area contributed by atoms with E-state index in [2.05, 4.69) is 278 Å². The molecule has 0 radical (unpaired) electrons. The van der Waals surface area contributed by atoms with Crippen molar-refractivity contribution in [3.63, 3.8) is 0 Å². The highest BCUT2D eigenvalue weighted by molar-refractivity contribution is 5.97. The third kappa shape index (κ3) is 14.5. The summed E-state index contributed by atoms with van der Waals surface area (Å²) in [4.78, 5) is 12.8. The van der Waals surface area contributed by atoms with Crippen LogP contribution in [0.15, 0.2) is 214 Å². The van der Waals surface area contributed by atoms with Gasteiger partial charge in [0.2, 0.25) is 22.8 Å². The van der Waals surface area contributed by atoms with Crippen LogP contribution in [0.5, 0.6) is 0 Å². The first-order valence-corrected chi connectivity index (χ1v) is 32.7. The van der Waals surface area contributed by atoms with E-state index in [0.29, 0.717) is 29.2 Å². The van der Waals surface area contributed by atoms with E-state index in [0.717, 1.165) is 33.2 Å². The Morgan fingerprint density at radius 1 is 0.376 bits per heavy atom. The van der Waals surface area contributed by atoms with E-state index < -0.39 is 13.2 Å². The summed E-state index contributed by atoms with van der Waals surface area (Å²) in [6, 6.07) is 53.6. The Balaban J connectivity index is 0.000000143. The zero-order valence-corrected chi connectivity index (χ0v) is 57.6. The molecule has 7 nitrogen and oxygen atoms in total. The SMILES string of the molecule is Cc1ccc(-c2cccnc2)cc1-c1c2ccc(C(C)C)cc2cc[n+]1C.Cc1ccncc1-c1c2ccc(C(C)C)cc2cc[n+]1C.Cc1cnccc1-c1c2ccc(C(C)C)cc2cc[n+]1C.[2H]C([2H])([2H])c1cc(-c2c3ccc(C(C)C)cc3cc[n+]2C)c(C)c(C([2H])([2H])C)c1. The van der Waals surface area contributed by atoms with E-state index in [1.54, 1.807) is 6.07 Å². The third-order valence-electron chi connectivity index (χ3n) is 18.3. The Morgan fingerprint density at radius 2 is 0.796 bits per heavy atom. The number of hydrogen-bond acceptors (Lipinski definition) is 3. The first-order chi connectivity index (χ1) is 46.5. The summed E-state index contributed by atoms with van der Waals surface area (Å²) in [5.41, 5.74) is 21.9. The van der Waals surface area contributed by atoms with E-state index in [1.807, 2.05) is 68.0 Å². The van der Waals surface area contributed by atoms with Crippen LogP contribution in [-0.4, -0.2) is 15.0 Å². The van der Waals surface area contributed by atoms with Gasteiger partial charge in [0, 0.05) is 73.9 Å². The lowest BCUT2D eigenvalue weighted by atomic mass is 9.92. The molecule has 13 aromatic rings. The molecular formula is C86H95N7+4. The molecule has 0 bridgehead atoms. The number of fused-ring (bicyclic) bond motifs is 4. The molecule has 0 atom stereocenters. The monoisotopic (exact) mass is 1230 g/mol. The van der Waals surface area contributed by atoms with Gasteiger partial charge in [0.15, 0.2) is 24.8 Å². The lowest BCUT2D eigenvalue weighted by Crippen LogP contribution is -2.31. The normalized spacial score (nSPS) is 12.4. The second-order valence-corrected chi connectivity index (χ2v) is 26.2. The van der Waals surface area contributed by atoms with Crippen molar-refractivity contribution >= 4 is 43.1 Å². The van der Waals surface area contributed by atoms with Crippen LogP contribution < -0.4 is 18.3 Å². The molecule has 0 spiro atoms. The van der Waals surface area contributed by atoms with E-state index in [4.69, 9.17) is 6.85 Å². The lowest BCUT2D eigenvalue weighted by molar-refractivity contribution is -0.659. The Kier molecular flexibility index (Phi) is 18.6. The van der Waals surface area contributed by atoms with Crippen LogP contribution in [0.1, 0.15) is 148 Å². The molecule has 0 aliphatic rings. The van der Waals surface area contributed by atoms with Crippen molar-refractivity contribution in [1.82, 2.24) is 15.0 Å². The van der Waals surface area contributed by atoms with Gasteiger partial charge in [-0.2, -0.15) is 0 Å². The second-order valence-electron chi connectivity index (χ2n) is 26.2. The van der Waals surface area contributed by atoms with Gasteiger partial charge in [-0.05, 0) is 202 Å². The molecule has 0 saturated carbocycles. The second kappa shape index (κ2) is 28.9. The first-order valence-electron chi connectivity index (χ1n) is 35.2. The molecule has 0 aliphatic carbocycles.